The summed E-state index contributed by atoms with van der Waals surface area (Å²) in [6.07, 6.45) is 2.28. The topological polar surface area (TPSA) is 110 Å². The highest BCUT2D eigenvalue weighted by molar-refractivity contribution is 5.85. The zero-order chi connectivity index (χ0) is 16.8. The molecule has 0 radical (unpaired) electrons. The zero-order valence-electron chi connectivity index (χ0n) is 13.0. The van der Waals surface area contributed by atoms with Crippen LogP contribution in [-0.2, 0) is 16.0 Å². The van der Waals surface area contributed by atoms with E-state index in [1.807, 2.05) is 6.92 Å². The SMILES string of the molecule is CC[C@H](C)[C@H](NC(=O)Cc1ccc(-n2cnnn2)cc1)C(=O)O. The average molecular weight is 317 g/mol. The van der Waals surface area contributed by atoms with Crippen LogP contribution in [0.5, 0.6) is 0 Å². The molecular weight excluding hydrogens is 298 g/mol. The normalized spacial score (nSPS) is 13.3. The number of carboxylic acid groups (broad SMARTS) is 1. The Morgan fingerprint density at radius 3 is 2.52 bits per heavy atom. The average Bonchev–Trinajstić information content (AvgIpc) is 3.06. The summed E-state index contributed by atoms with van der Waals surface area (Å²) in [5.74, 6) is -1.45. The summed E-state index contributed by atoms with van der Waals surface area (Å²) in [5, 5.41) is 22.7. The first-order valence-electron chi connectivity index (χ1n) is 7.35. The number of benzene rings is 1. The van der Waals surface area contributed by atoms with E-state index in [1.54, 1.807) is 31.2 Å². The lowest BCUT2D eigenvalue weighted by Crippen LogP contribution is -2.45. The van der Waals surface area contributed by atoms with Crippen molar-refractivity contribution >= 4 is 11.9 Å². The van der Waals surface area contributed by atoms with Gasteiger partial charge in [0.2, 0.25) is 5.91 Å². The summed E-state index contributed by atoms with van der Waals surface area (Å²) in [4.78, 5) is 23.3. The number of tetrazole rings is 1. The van der Waals surface area contributed by atoms with Gasteiger partial charge in [0.15, 0.2) is 0 Å². The second-order valence-corrected chi connectivity index (χ2v) is 5.37. The largest absolute Gasteiger partial charge is 0.480 e. The lowest BCUT2D eigenvalue weighted by molar-refractivity contribution is -0.143. The van der Waals surface area contributed by atoms with Gasteiger partial charge in [-0.05, 0) is 34.0 Å². The van der Waals surface area contributed by atoms with Gasteiger partial charge in [0, 0.05) is 0 Å². The van der Waals surface area contributed by atoms with Crippen LogP contribution in [0.1, 0.15) is 25.8 Å². The summed E-state index contributed by atoms with van der Waals surface area (Å²) in [7, 11) is 0. The van der Waals surface area contributed by atoms with Gasteiger partial charge in [0.1, 0.15) is 12.4 Å². The van der Waals surface area contributed by atoms with E-state index in [4.69, 9.17) is 0 Å². The maximum absolute atomic E-state index is 12.0. The van der Waals surface area contributed by atoms with Crippen LogP contribution in [0.4, 0.5) is 0 Å². The van der Waals surface area contributed by atoms with E-state index in [0.29, 0.717) is 6.42 Å². The van der Waals surface area contributed by atoms with Crippen molar-refractivity contribution < 1.29 is 14.7 Å². The van der Waals surface area contributed by atoms with Crippen LogP contribution in [0.2, 0.25) is 0 Å². The fraction of sp³-hybridized carbons (Fsp3) is 0.400. The highest BCUT2D eigenvalue weighted by Gasteiger charge is 2.25. The maximum Gasteiger partial charge on any atom is 0.326 e. The molecule has 1 heterocycles. The molecule has 122 valence electrons. The lowest BCUT2D eigenvalue weighted by atomic mass is 9.99. The van der Waals surface area contributed by atoms with Crippen molar-refractivity contribution in [3.8, 4) is 5.69 Å². The molecule has 0 spiro atoms. The van der Waals surface area contributed by atoms with E-state index in [9.17, 15) is 14.7 Å². The molecule has 1 amide bonds. The highest BCUT2D eigenvalue weighted by Crippen LogP contribution is 2.10. The molecule has 2 N–H and O–H groups in total. The Morgan fingerprint density at radius 2 is 2.00 bits per heavy atom. The van der Waals surface area contributed by atoms with Gasteiger partial charge < -0.3 is 10.4 Å². The first kappa shape index (κ1) is 16.6. The Bertz CT molecular complexity index is 654. The molecule has 0 saturated heterocycles. The van der Waals surface area contributed by atoms with E-state index in [2.05, 4.69) is 20.8 Å². The summed E-state index contributed by atoms with van der Waals surface area (Å²) >= 11 is 0. The van der Waals surface area contributed by atoms with Crippen LogP contribution in [0.3, 0.4) is 0 Å². The molecule has 0 aliphatic heterocycles. The molecule has 2 atom stereocenters. The van der Waals surface area contributed by atoms with Crippen molar-refractivity contribution in [3.63, 3.8) is 0 Å². The molecule has 0 unspecified atom stereocenters. The lowest BCUT2D eigenvalue weighted by Gasteiger charge is -2.20. The van der Waals surface area contributed by atoms with Crippen molar-refractivity contribution in [1.29, 1.82) is 0 Å². The number of carbonyl (C=O) groups is 2. The van der Waals surface area contributed by atoms with Crippen LogP contribution in [0.15, 0.2) is 30.6 Å². The van der Waals surface area contributed by atoms with Crippen LogP contribution in [0, 0.1) is 5.92 Å². The summed E-state index contributed by atoms with van der Waals surface area (Å²) < 4.78 is 1.51. The molecule has 1 aromatic carbocycles. The van der Waals surface area contributed by atoms with Gasteiger partial charge in [-0.25, -0.2) is 9.48 Å². The van der Waals surface area contributed by atoms with Crippen LogP contribution in [-0.4, -0.2) is 43.2 Å². The molecule has 2 aromatic rings. The Labute approximate surface area is 133 Å². The van der Waals surface area contributed by atoms with Crippen LogP contribution in [0.25, 0.3) is 5.69 Å². The number of rotatable bonds is 7. The smallest absolute Gasteiger partial charge is 0.326 e. The molecule has 0 fully saturated rings. The van der Waals surface area contributed by atoms with Gasteiger partial charge in [0.25, 0.3) is 0 Å². The Morgan fingerprint density at radius 1 is 1.30 bits per heavy atom. The van der Waals surface area contributed by atoms with E-state index in [-0.39, 0.29) is 18.2 Å². The van der Waals surface area contributed by atoms with E-state index < -0.39 is 12.0 Å². The minimum absolute atomic E-state index is 0.121. The minimum Gasteiger partial charge on any atom is -0.480 e. The van der Waals surface area contributed by atoms with Gasteiger partial charge in [0.05, 0.1) is 12.1 Å². The number of amides is 1. The molecular formula is C15H19N5O3. The number of carbonyl (C=O) groups excluding carboxylic acids is 1. The van der Waals surface area contributed by atoms with Crippen LogP contribution >= 0.6 is 0 Å². The van der Waals surface area contributed by atoms with Crippen molar-refractivity contribution in [2.75, 3.05) is 0 Å². The summed E-state index contributed by atoms with van der Waals surface area (Å²) in [6, 6.07) is 6.29. The second-order valence-electron chi connectivity index (χ2n) is 5.37. The van der Waals surface area contributed by atoms with E-state index in [0.717, 1.165) is 11.3 Å². The van der Waals surface area contributed by atoms with Gasteiger partial charge in [-0.2, -0.15) is 0 Å². The monoisotopic (exact) mass is 317 g/mol. The second kappa shape index (κ2) is 7.48. The van der Waals surface area contributed by atoms with Gasteiger partial charge in [-0.3, -0.25) is 4.79 Å². The number of nitrogens with zero attached hydrogens (tertiary/aromatic N) is 4. The van der Waals surface area contributed by atoms with Gasteiger partial charge in [-0.15, -0.1) is 5.10 Å². The van der Waals surface area contributed by atoms with Gasteiger partial charge in [-0.1, -0.05) is 32.4 Å². The van der Waals surface area contributed by atoms with Gasteiger partial charge >= 0.3 is 5.97 Å². The zero-order valence-corrected chi connectivity index (χ0v) is 13.0. The number of aromatic nitrogens is 4. The molecule has 2 rings (SSSR count). The third kappa shape index (κ3) is 4.35. The Hall–Kier alpha value is -2.77. The van der Waals surface area contributed by atoms with Crippen molar-refractivity contribution in [2.24, 2.45) is 5.92 Å². The molecule has 0 bridgehead atoms. The predicted molar refractivity (Wildman–Crippen MR) is 81.9 cm³/mol. The highest BCUT2D eigenvalue weighted by atomic mass is 16.4. The fourth-order valence-electron chi connectivity index (χ4n) is 2.14. The molecule has 8 heteroatoms. The molecule has 23 heavy (non-hydrogen) atoms. The number of carboxylic acids is 1. The van der Waals surface area contributed by atoms with E-state index >= 15 is 0 Å². The fourth-order valence-corrected chi connectivity index (χ4v) is 2.14. The third-order valence-corrected chi connectivity index (χ3v) is 3.71. The minimum atomic E-state index is -1.01. The summed E-state index contributed by atoms with van der Waals surface area (Å²) in [6.45, 7) is 3.70. The van der Waals surface area contributed by atoms with Crippen LogP contribution < -0.4 is 5.32 Å². The van der Waals surface area contributed by atoms with E-state index in [1.165, 1.54) is 11.0 Å². The van der Waals surface area contributed by atoms with Crippen molar-refractivity contribution in [3.05, 3.63) is 36.2 Å². The molecule has 0 saturated carbocycles. The first-order chi connectivity index (χ1) is 11.0. The Kier molecular flexibility index (Phi) is 5.40. The van der Waals surface area contributed by atoms with Crippen molar-refractivity contribution in [1.82, 2.24) is 25.5 Å². The Balaban J connectivity index is 1.98. The predicted octanol–water partition coefficient (Wildman–Crippen LogP) is 0.820. The third-order valence-electron chi connectivity index (χ3n) is 3.71. The molecule has 0 aliphatic carbocycles. The molecule has 8 nitrogen and oxygen atoms in total. The number of nitrogens with one attached hydrogen (secondary N) is 1. The first-order valence-corrected chi connectivity index (χ1v) is 7.35. The molecule has 1 aromatic heterocycles. The number of aliphatic carboxylic acids is 1. The molecule has 0 aliphatic rings. The number of hydrogen-bond acceptors (Lipinski definition) is 5. The quantitative estimate of drug-likeness (QED) is 0.782. The summed E-state index contributed by atoms with van der Waals surface area (Å²) in [5.41, 5.74) is 1.56. The van der Waals surface area contributed by atoms with Crippen molar-refractivity contribution in [2.45, 2.75) is 32.7 Å². The number of hydrogen-bond donors (Lipinski definition) is 2. The standard InChI is InChI=1S/C15H19N5O3/c1-3-10(2)14(15(22)23)17-13(21)8-11-4-6-12(7-5-11)20-9-16-18-19-20/h4-7,9-10,14H,3,8H2,1-2H3,(H,17,21)(H,22,23)/t10-,14-/m0/s1. The maximum atomic E-state index is 12.0.